The van der Waals surface area contributed by atoms with E-state index in [4.69, 9.17) is 9.47 Å². The lowest BCUT2D eigenvalue weighted by molar-refractivity contribution is 0.0675. The van der Waals surface area contributed by atoms with Crippen molar-refractivity contribution in [2.45, 2.75) is 26.0 Å². The number of carbonyl (C=O) groups excluding carboxylic acids is 1. The largest absolute Gasteiger partial charge is 0.486 e. The third-order valence-corrected chi connectivity index (χ3v) is 5.19. The number of benzene rings is 2. The summed E-state index contributed by atoms with van der Waals surface area (Å²) in [7, 11) is 0. The molecule has 0 aliphatic carbocycles. The number of hydrogen-bond donors (Lipinski definition) is 1. The van der Waals surface area contributed by atoms with E-state index in [9.17, 15) is 4.79 Å². The van der Waals surface area contributed by atoms with E-state index in [1.807, 2.05) is 37.3 Å². The molecule has 1 aromatic heterocycles. The molecule has 0 spiro atoms. The third-order valence-electron chi connectivity index (χ3n) is 5.19. The van der Waals surface area contributed by atoms with Gasteiger partial charge in [-0.15, -0.1) is 0 Å². The van der Waals surface area contributed by atoms with E-state index in [2.05, 4.69) is 40.3 Å². The third kappa shape index (κ3) is 4.47. The molecule has 29 heavy (non-hydrogen) atoms. The van der Waals surface area contributed by atoms with Crippen LogP contribution >= 0.6 is 0 Å². The molecule has 2 heterocycles. The molecule has 4 rings (SSSR count). The van der Waals surface area contributed by atoms with E-state index in [0.717, 1.165) is 24.5 Å². The van der Waals surface area contributed by atoms with Crippen LogP contribution in [0.3, 0.4) is 0 Å². The van der Waals surface area contributed by atoms with Crippen LogP contribution in [0.25, 0.3) is 10.9 Å². The molecule has 152 valence electrons. The number of nitrogens with one attached hydrogen (secondary N) is 1. The minimum absolute atomic E-state index is 0.0627. The van der Waals surface area contributed by atoms with E-state index in [-0.39, 0.29) is 12.1 Å². The van der Waals surface area contributed by atoms with Gasteiger partial charge in [0.05, 0.1) is 6.54 Å². The van der Waals surface area contributed by atoms with Crippen LogP contribution in [-0.2, 0) is 6.54 Å². The molecule has 2 amide bonds. The maximum Gasteiger partial charge on any atom is 0.317 e. The van der Waals surface area contributed by atoms with Gasteiger partial charge in [0.15, 0.2) is 17.6 Å². The number of carbonyl (C=O) groups is 1. The fourth-order valence-corrected chi connectivity index (χ4v) is 3.65. The summed E-state index contributed by atoms with van der Waals surface area (Å²) in [6.45, 7) is 5.04. The van der Waals surface area contributed by atoms with E-state index >= 15 is 0 Å². The van der Waals surface area contributed by atoms with Crippen LogP contribution in [0.2, 0.25) is 0 Å². The minimum Gasteiger partial charge on any atom is -0.486 e. The lowest BCUT2D eigenvalue weighted by atomic mass is 10.2. The van der Waals surface area contributed by atoms with E-state index in [1.165, 1.54) is 10.9 Å². The van der Waals surface area contributed by atoms with E-state index < -0.39 is 0 Å². The molecule has 1 unspecified atom stereocenters. The number of likely N-dealkylation sites (N-methyl/N-ethyl adjacent to an activating group) is 1. The van der Waals surface area contributed by atoms with Gasteiger partial charge < -0.3 is 24.3 Å². The summed E-state index contributed by atoms with van der Waals surface area (Å²) in [5.41, 5.74) is 1.23. The maximum atomic E-state index is 12.6. The normalized spacial score (nSPS) is 15.3. The summed E-state index contributed by atoms with van der Waals surface area (Å²) in [6, 6.07) is 18.0. The van der Waals surface area contributed by atoms with Crippen molar-refractivity contribution < 1.29 is 14.3 Å². The highest BCUT2D eigenvalue weighted by Gasteiger charge is 2.24. The molecule has 1 aliphatic rings. The molecule has 0 saturated heterocycles. The molecule has 1 aliphatic heterocycles. The van der Waals surface area contributed by atoms with Crippen molar-refractivity contribution in [2.75, 3.05) is 26.2 Å². The summed E-state index contributed by atoms with van der Waals surface area (Å²) >= 11 is 0. The Bertz CT molecular complexity index is 969. The SMILES string of the molecule is CCN(CC1COc2ccccc2O1)C(=O)NCCCn1ccc2ccccc21. The van der Waals surface area contributed by atoms with Gasteiger partial charge in [-0.2, -0.15) is 0 Å². The zero-order valence-corrected chi connectivity index (χ0v) is 16.7. The van der Waals surface area contributed by atoms with Crippen LogP contribution in [0.4, 0.5) is 4.79 Å². The average molecular weight is 393 g/mol. The van der Waals surface area contributed by atoms with Crippen LogP contribution in [0, 0.1) is 0 Å². The van der Waals surface area contributed by atoms with Crippen molar-refractivity contribution in [3.8, 4) is 11.5 Å². The van der Waals surface area contributed by atoms with Gasteiger partial charge in [-0.3, -0.25) is 0 Å². The van der Waals surface area contributed by atoms with E-state index in [0.29, 0.717) is 26.2 Å². The number of amides is 2. The van der Waals surface area contributed by atoms with Gasteiger partial charge in [0, 0.05) is 31.3 Å². The smallest absolute Gasteiger partial charge is 0.317 e. The Morgan fingerprint density at radius 3 is 2.79 bits per heavy atom. The van der Waals surface area contributed by atoms with Crippen LogP contribution in [0.5, 0.6) is 11.5 Å². The first kappa shape index (κ1) is 19.2. The summed E-state index contributed by atoms with van der Waals surface area (Å²) < 4.78 is 14.0. The van der Waals surface area contributed by atoms with Crippen LogP contribution in [-0.4, -0.2) is 47.8 Å². The average Bonchev–Trinajstić information content (AvgIpc) is 3.18. The number of rotatable bonds is 7. The number of aryl methyl sites for hydroxylation is 1. The van der Waals surface area contributed by atoms with Crippen molar-refractivity contribution in [2.24, 2.45) is 0 Å². The Morgan fingerprint density at radius 1 is 1.14 bits per heavy atom. The first-order valence-electron chi connectivity index (χ1n) is 10.2. The molecular weight excluding hydrogens is 366 g/mol. The zero-order chi connectivity index (χ0) is 20.1. The summed E-state index contributed by atoms with van der Waals surface area (Å²) in [4.78, 5) is 14.3. The van der Waals surface area contributed by atoms with Crippen molar-refractivity contribution in [1.29, 1.82) is 0 Å². The number of ether oxygens (including phenoxy) is 2. The Hall–Kier alpha value is -3.15. The molecule has 1 atom stereocenters. The molecule has 0 bridgehead atoms. The predicted molar refractivity (Wildman–Crippen MR) is 114 cm³/mol. The summed E-state index contributed by atoms with van der Waals surface area (Å²) in [5, 5.41) is 4.27. The lowest BCUT2D eigenvalue weighted by Crippen LogP contribution is -2.47. The number of para-hydroxylation sites is 3. The summed E-state index contributed by atoms with van der Waals surface area (Å²) in [6.07, 6.45) is 2.81. The molecule has 0 fully saturated rings. The second-order valence-corrected chi connectivity index (χ2v) is 7.19. The highest BCUT2D eigenvalue weighted by atomic mass is 16.6. The molecular formula is C23H27N3O3. The second kappa shape index (κ2) is 8.90. The molecule has 0 saturated carbocycles. The maximum absolute atomic E-state index is 12.6. The van der Waals surface area contributed by atoms with Gasteiger partial charge in [0.2, 0.25) is 0 Å². The van der Waals surface area contributed by atoms with Crippen LogP contribution in [0.1, 0.15) is 13.3 Å². The first-order valence-corrected chi connectivity index (χ1v) is 10.2. The number of nitrogens with zero attached hydrogens (tertiary/aromatic N) is 2. The fraction of sp³-hybridized carbons (Fsp3) is 0.348. The van der Waals surface area contributed by atoms with Gasteiger partial charge in [-0.05, 0) is 43.0 Å². The Kier molecular flexibility index (Phi) is 5.89. The van der Waals surface area contributed by atoms with Gasteiger partial charge >= 0.3 is 6.03 Å². The van der Waals surface area contributed by atoms with Crippen molar-refractivity contribution in [1.82, 2.24) is 14.8 Å². The monoisotopic (exact) mass is 393 g/mol. The Balaban J connectivity index is 1.24. The second-order valence-electron chi connectivity index (χ2n) is 7.19. The number of aromatic nitrogens is 1. The molecule has 3 aromatic rings. The van der Waals surface area contributed by atoms with Crippen molar-refractivity contribution in [3.05, 3.63) is 60.8 Å². The Labute approximate surface area is 171 Å². The van der Waals surface area contributed by atoms with Gasteiger partial charge in [-0.25, -0.2) is 4.79 Å². The topological polar surface area (TPSA) is 55.7 Å². The summed E-state index contributed by atoms with van der Waals surface area (Å²) in [5.74, 6) is 1.49. The van der Waals surface area contributed by atoms with Crippen LogP contribution < -0.4 is 14.8 Å². The zero-order valence-electron chi connectivity index (χ0n) is 16.7. The minimum atomic E-state index is -0.165. The van der Waals surface area contributed by atoms with Crippen LogP contribution in [0.15, 0.2) is 60.8 Å². The molecule has 6 nitrogen and oxygen atoms in total. The fourth-order valence-electron chi connectivity index (χ4n) is 3.65. The predicted octanol–water partition coefficient (Wildman–Crippen LogP) is 3.90. The van der Waals surface area contributed by atoms with E-state index in [1.54, 1.807) is 4.90 Å². The highest BCUT2D eigenvalue weighted by Crippen LogP contribution is 2.31. The molecule has 1 N–H and O–H groups in total. The van der Waals surface area contributed by atoms with Gasteiger partial charge in [0.25, 0.3) is 0 Å². The quantitative estimate of drug-likeness (QED) is 0.620. The van der Waals surface area contributed by atoms with Crippen molar-refractivity contribution in [3.63, 3.8) is 0 Å². The highest BCUT2D eigenvalue weighted by molar-refractivity contribution is 5.79. The molecule has 2 aromatic carbocycles. The molecule has 6 heteroatoms. The standard InChI is InChI=1S/C23H27N3O3/c1-2-25(16-19-17-28-21-10-5-6-11-22(21)29-19)23(27)24-13-7-14-26-15-12-18-8-3-4-9-20(18)26/h3-6,8-12,15,19H,2,7,13-14,16-17H2,1H3,(H,24,27). The Morgan fingerprint density at radius 2 is 1.93 bits per heavy atom. The van der Waals surface area contributed by atoms with Crippen molar-refractivity contribution >= 4 is 16.9 Å². The van der Waals surface area contributed by atoms with Gasteiger partial charge in [-0.1, -0.05) is 30.3 Å². The molecule has 0 radical (unpaired) electrons. The number of hydrogen-bond acceptors (Lipinski definition) is 3. The number of fused-ring (bicyclic) bond motifs is 2. The lowest BCUT2D eigenvalue weighted by Gasteiger charge is -2.31. The number of urea groups is 1. The first-order chi connectivity index (χ1) is 14.2. The van der Waals surface area contributed by atoms with Gasteiger partial charge in [0.1, 0.15) is 6.61 Å².